The van der Waals surface area contributed by atoms with Gasteiger partial charge in [0.25, 0.3) is 5.91 Å². The highest BCUT2D eigenvalue weighted by Gasteiger charge is 2.24. The number of phenols is 1. The van der Waals surface area contributed by atoms with Crippen molar-refractivity contribution in [2.24, 2.45) is 0 Å². The van der Waals surface area contributed by atoms with Gasteiger partial charge in [0.05, 0.1) is 5.56 Å². The summed E-state index contributed by atoms with van der Waals surface area (Å²) in [6, 6.07) is 5.26. The van der Waals surface area contributed by atoms with Crippen molar-refractivity contribution < 1.29 is 9.90 Å². The number of carbonyl (C=O) groups is 1. The number of amides is 1. The Morgan fingerprint density at radius 1 is 1.33 bits per heavy atom. The number of halogens is 1. The minimum atomic E-state index is -0.0966. The zero-order valence-electron chi connectivity index (χ0n) is 10.5. The van der Waals surface area contributed by atoms with Crippen molar-refractivity contribution in [3.8, 4) is 5.75 Å². The molecular formula is C14H18BrNO2. The first-order valence-electron chi connectivity index (χ1n) is 6.35. The van der Waals surface area contributed by atoms with E-state index in [-0.39, 0.29) is 11.7 Å². The Bertz CT molecular complexity index is 441. The maximum atomic E-state index is 12.4. The van der Waals surface area contributed by atoms with Gasteiger partial charge in [-0.15, -0.1) is 0 Å². The van der Waals surface area contributed by atoms with Crippen LogP contribution >= 0.6 is 15.9 Å². The zero-order valence-corrected chi connectivity index (χ0v) is 12.1. The van der Waals surface area contributed by atoms with E-state index in [1.165, 1.54) is 19.3 Å². The molecule has 0 atom stereocenters. The fourth-order valence-corrected chi connectivity index (χ4v) is 2.86. The molecule has 0 spiro atoms. The van der Waals surface area contributed by atoms with E-state index < -0.39 is 0 Å². The van der Waals surface area contributed by atoms with Gasteiger partial charge >= 0.3 is 0 Å². The number of rotatable bonds is 2. The minimum absolute atomic E-state index is 0.0471. The molecule has 1 amide bonds. The summed E-state index contributed by atoms with van der Waals surface area (Å²) in [5.74, 6) is -0.0495. The Kier molecular flexibility index (Phi) is 4.27. The lowest BCUT2D eigenvalue weighted by atomic mass is 9.94. The van der Waals surface area contributed by atoms with Crippen molar-refractivity contribution in [3.05, 3.63) is 28.2 Å². The first-order valence-corrected chi connectivity index (χ1v) is 7.14. The number of hydrogen-bond donors (Lipinski definition) is 1. The molecule has 1 aliphatic rings. The summed E-state index contributed by atoms with van der Waals surface area (Å²) in [6.07, 6.45) is 5.77. The molecule has 3 nitrogen and oxygen atoms in total. The van der Waals surface area contributed by atoms with Gasteiger partial charge in [0, 0.05) is 17.6 Å². The summed E-state index contributed by atoms with van der Waals surface area (Å²) >= 11 is 3.33. The Morgan fingerprint density at radius 3 is 2.67 bits per heavy atom. The van der Waals surface area contributed by atoms with Crippen LogP contribution in [0.3, 0.4) is 0 Å². The van der Waals surface area contributed by atoms with Crippen molar-refractivity contribution in [1.29, 1.82) is 0 Å². The van der Waals surface area contributed by atoms with E-state index in [0.29, 0.717) is 11.6 Å². The van der Waals surface area contributed by atoms with Gasteiger partial charge in [0.2, 0.25) is 0 Å². The molecule has 4 heteroatoms. The molecule has 0 bridgehead atoms. The van der Waals surface area contributed by atoms with Crippen LogP contribution in [0, 0.1) is 0 Å². The summed E-state index contributed by atoms with van der Waals surface area (Å²) < 4.78 is 0.806. The third-order valence-electron chi connectivity index (χ3n) is 3.63. The molecule has 2 rings (SSSR count). The molecule has 1 aliphatic carbocycles. The van der Waals surface area contributed by atoms with Crippen molar-refractivity contribution in [2.75, 3.05) is 7.05 Å². The third-order valence-corrected chi connectivity index (χ3v) is 4.13. The highest BCUT2D eigenvalue weighted by molar-refractivity contribution is 9.10. The van der Waals surface area contributed by atoms with Crippen LogP contribution in [-0.4, -0.2) is 29.0 Å². The van der Waals surface area contributed by atoms with Gasteiger partial charge in [0.15, 0.2) is 0 Å². The summed E-state index contributed by atoms with van der Waals surface area (Å²) in [7, 11) is 1.83. The predicted molar refractivity (Wildman–Crippen MR) is 74.8 cm³/mol. The summed E-state index contributed by atoms with van der Waals surface area (Å²) in [5.41, 5.74) is 0.373. The SMILES string of the molecule is CN(C(=O)c1cc(Br)ccc1O)C1CCCCC1. The van der Waals surface area contributed by atoms with Gasteiger partial charge in [-0.2, -0.15) is 0 Å². The number of phenolic OH excluding ortho intramolecular Hbond substituents is 1. The predicted octanol–water partition coefficient (Wildman–Crippen LogP) is 3.56. The van der Waals surface area contributed by atoms with E-state index in [0.717, 1.165) is 17.3 Å². The second kappa shape index (κ2) is 5.74. The fourth-order valence-electron chi connectivity index (χ4n) is 2.50. The normalized spacial score (nSPS) is 16.6. The number of nitrogens with zero attached hydrogens (tertiary/aromatic N) is 1. The molecule has 1 saturated carbocycles. The largest absolute Gasteiger partial charge is 0.507 e. The number of hydrogen-bond acceptors (Lipinski definition) is 2. The smallest absolute Gasteiger partial charge is 0.257 e. The van der Waals surface area contributed by atoms with Crippen LogP contribution in [0.5, 0.6) is 5.75 Å². The number of carbonyl (C=O) groups excluding carboxylic acids is 1. The molecule has 1 N–H and O–H groups in total. The molecule has 0 heterocycles. The van der Waals surface area contributed by atoms with Crippen molar-refractivity contribution in [2.45, 2.75) is 38.1 Å². The lowest BCUT2D eigenvalue weighted by Crippen LogP contribution is -2.38. The average molecular weight is 312 g/mol. The Balaban J connectivity index is 2.16. The summed E-state index contributed by atoms with van der Waals surface area (Å²) in [6.45, 7) is 0. The van der Waals surface area contributed by atoms with E-state index in [9.17, 15) is 9.90 Å². The molecule has 1 fully saturated rings. The quantitative estimate of drug-likeness (QED) is 0.907. The van der Waals surface area contributed by atoms with E-state index in [2.05, 4.69) is 15.9 Å². The maximum Gasteiger partial charge on any atom is 0.257 e. The van der Waals surface area contributed by atoms with Gasteiger partial charge in [-0.1, -0.05) is 35.2 Å². The van der Waals surface area contributed by atoms with Crippen LogP contribution < -0.4 is 0 Å². The van der Waals surface area contributed by atoms with Crippen LogP contribution in [-0.2, 0) is 0 Å². The van der Waals surface area contributed by atoms with Crippen LogP contribution in [0.2, 0.25) is 0 Å². The van der Waals surface area contributed by atoms with E-state index >= 15 is 0 Å². The first kappa shape index (κ1) is 13.4. The Hall–Kier alpha value is -1.03. The highest BCUT2D eigenvalue weighted by Crippen LogP contribution is 2.27. The second-order valence-electron chi connectivity index (χ2n) is 4.87. The van der Waals surface area contributed by atoms with E-state index in [4.69, 9.17) is 0 Å². The molecule has 0 saturated heterocycles. The Labute approximate surface area is 116 Å². The molecule has 98 valence electrons. The second-order valence-corrected chi connectivity index (χ2v) is 5.79. The van der Waals surface area contributed by atoms with Gasteiger partial charge in [-0.3, -0.25) is 4.79 Å². The molecular weight excluding hydrogens is 294 g/mol. The molecule has 0 radical (unpaired) electrons. The molecule has 0 aromatic heterocycles. The van der Waals surface area contributed by atoms with Gasteiger partial charge < -0.3 is 10.0 Å². The highest BCUT2D eigenvalue weighted by atomic mass is 79.9. The van der Waals surface area contributed by atoms with E-state index in [1.54, 1.807) is 23.1 Å². The van der Waals surface area contributed by atoms with Crippen LogP contribution in [0.4, 0.5) is 0 Å². The van der Waals surface area contributed by atoms with E-state index in [1.807, 2.05) is 7.05 Å². The number of aromatic hydroxyl groups is 1. The van der Waals surface area contributed by atoms with Gasteiger partial charge in [0.1, 0.15) is 5.75 Å². The Morgan fingerprint density at radius 2 is 2.00 bits per heavy atom. The fraction of sp³-hybridized carbons (Fsp3) is 0.500. The number of benzene rings is 1. The summed E-state index contributed by atoms with van der Waals surface area (Å²) in [4.78, 5) is 14.1. The lowest BCUT2D eigenvalue weighted by molar-refractivity contribution is 0.0693. The first-order chi connectivity index (χ1) is 8.59. The minimum Gasteiger partial charge on any atom is -0.507 e. The van der Waals surface area contributed by atoms with Crippen LogP contribution in [0.25, 0.3) is 0 Å². The zero-order chi connectivity index (χ0) is 13.1. The van der Waals surface area contributed by atoms with Crippen LogP contribution in [0.15, 0.2) is 22.7 Å². The van der Waals surface area contributed by atoms with Gasteiger partial charge in [-0.05, 0) is 31.0 Å². The van der Waals surface area contributed by atoms with Gasteiger partial charge in [-0.25, -0.2) is 0 Å². The molecule has 0 unspecified atom stereocenters. The van der Waals surface area contributed by atoms with Crippen LogP contribution in [0.1, 0.15) is 42.5 Å². The van der Waals surface area contributed by atoms with Crippen molar-refractivity contribution in [3.63, 3.8) is 0 Å². The maximum absolute atomic E-state index is 12.4. The average Bonchev–Trinajstić information content (AvgIpc) is 2.41. The standard InChI is InChI=1S/C14H18BrNO2/c1-16(11-5-3-2-4-6-11)14(18)12-9-10(15)7-8-13(12)17/h7-9,11,17H,2-6H2,1H3. The monoisotopic (exact) mass is 311 g/mol. The molecule has 1 aromatic carbocycles. The molecule has 0 aliphatic heterocycles. The van der Waals surface area contributed by atoms with Crippen molar-refractivity contribution in [1.82, 2.24) is 4.90 Å². The van der Waals surface area contributed by atoms with Crippen molar-refractivity contribution >= 4 is 21.8 Å². The molecule has 18 heavy (non-hydrogen) atoms. The molecule has 1 aromatic rings. The topological polar surface area (TPSA) is 40.5 Å². The summed E-state index contributed by atoms with van der Waals surface area (Å²) in [5, 5.41) is 9.78. The third kappa shape index (κ3) is 2.86. The lowest BCUT2D eigenvalue weighted by Gasteiger charge is -2.31.